The minimum Gasteiger partial charge on any atom is -0.489 e. The van der Waals surface area contributed by atoms with Gasteiger partial charge in [0.05, 0.1) is 28.3 Å². The van der Waals surface area contributed by atoms with Crippen LogP contribution in [0.15, 0.2) is 28.8 Å². The summed E-state index contributed by atoms with van der Waals surface area (Å²) in [6, 6.07) is 6.80. The minimum absolute atomic E-state index is 0.0338. The summed E-state index contributed by atoms with van der Waals surface area (Å²) in [6.07, 6.45) is 0.420. The molecule has 0 spiro atoms. The zero-order chi connectivity index (χ0) is 18.9. The van der Waals surface area contributed by atoms with Crippen molar-refractivity contribution in [2.75, 3.05) is 11.5 Å². The van der Waals surface area contributed by atoms with Crippen LogP contribution in [0.3, 0.4) is 0 Å². The van der Waals surface area contributed by atoms with Gasteiger partial charge in [-0.25, -0.2) is 8.42 Å². The molecule has 1 aromatic heterocycles. The number of aromatic nitrogens is 1. The third-order valence-electron chi connectivity index (χ3n) is 4.58. The normalized spacial score (nSPS) is 21.5. The predicted octanol–water partition coefficient (Wildman–Crippen LogP) is 2.18. The van der Waals surface area contributed by atoms with Gasteiger partial charge >= 0.3 is 0 Å². The molecule has 0 aliphatic carbocycles. The number of nitrogens with zero attached hydrogens (tertiary/aromatic N) is 1. The Kier molecular flexibility index (Phi) is 4.79. The number of benzene rings is 1. The molecule has 0 radical (unpaired) electrons. The fourth-order valence-electron chi connectivity index (χ4n) is 3.05. The second-order valence-electron chi connectivity index (χ2n) is 6.98. The first-order valence-electron chi connectivity index (χ1n) is 8.35. The number of nitrogens with one attached hydrogen (secondary N) is 1. The Labute approximate surface area is 152 Å². The lowest BCUT2D eigenvalue weighted by molar-refractivity contribution is 0.0915. The second kappa shape index (κ2) is 6.75. The van der Waals surface area contributed by atoms with Gasteiger partial charge < -0.3 is 14.6 Å². The van der Waals surface area contributed by atoms with Crippen molar-refractivity contribution in [2.24, 2.45) is 0 Å². The van der Waals surface area contributed by atoms with Crippen molar-refractivity contribution in [3.05, 3.63) is 46.8 Å². The van der Waals surface area contributed by atoms with Crippen LogP contribution < -0.4 is 10.1 Å². The van der Waals surface area contributed by atoms with E-state index in [2.05, 4.69) is 10.5 Å². The zero-order valence-corrected chi connectivity index (χ0v) is 15.9. The Balaban J connectivity index is 1.68. The molecule has 1 unspecified atom stereocenters. The number of hydrogen-bond acceptors (Lipinski definition) is 6. The molecule has 1 amide bonds. The van der Waals surface area contributed by atoms with E-state index < -0.39 is 15.4 Å². The van der Waals surface area contributed by atoms with E-state index in [1.807, 2.05) is 13.8 Å². The van der Waals surface area contributed by atoms with Crippen molar-refractivity contribution in [3.8, 4) is 5.75 Å². The summed E-state index contributed by atoms with van der Waals surface area (Å²) < 4.78 is 34.2. The van der Waals surface area contributed by atoms with Crippen LogP contribution in [0.1, 0.15) is 40.7 Å². The van der Waals surface area contributed by atoms with Crippen LogP contribution in [0.2, 0.25) is 0 Å². The van der Waals surface area contributed by atoms with Crippen LogP contribution >= 0.6 is 0 Å². The highest BCUT2D eigenvalue weighted by Crippen LogP contribution is 2.24. The van der Waals surface area contributed by atoms with E-state index >= 15 is 0 Å². The van der Waals surface area contributed by atoms with Crippen molar-refractivity contribution in [2.45, 2.75) is 39.3 Å². The van der Waals surface area contributed by atoms with Gasteiger partial charge in [-0.1, -0.05) is 11.2 Å². The van der Waals surface area contributed by atoms with Crippen LogP contribution in [-0.4, -0.2) is 36.5 Å². The van der Waals surface area contributed by atoms with E-state index in [0.717, 1.165) is 11.3 Å². The summed E-state index contributed by atoms with van der Waals surface area (Å²) in [4.78, 5) is 12.5. The lowest BCUT2D eigenvalue weighted by Gasteiger charge is -2.24. The summed E-state index contributed by atoms with van der Waals surface area (Å²) >= 11 is 0. The molecule has 3 rings (SSSR count). The Morgan fingerprint density at radius 2 is 2.15 bits per heavy atom. The van der Waals surface area contributed by atoms with Crippen molar-refractivity contribution >= 4 is 15.7 Å². The first-order chi connectivity index (χ1) is 12.2. The summed E-state index contributed by atoms with van der Waals surface area (Å²) in [6.45, 7) is 5.71. The molecule has 2 heterocycles. The van der Waals surface area contributed by atoms with Gasteiger partial charge in [0.2, 0.25) is 0 Å². The third-order valence-corrected chi connectivity index (χ3v) is 6.48. The largest absolute Gasteiger partial charge is 0.489 e. The van der Waals surface area contributed by atoms with Crippen LogP contribution in [0.5, 0.6) is 5.75 Å². The summed E-state index contributed by atoms with van der Waals surface area (Å²) in [7, 11) is -3.09. The molecule has 1 aliphatic heterocycles. The molecule has 1 saturated heterocycles. The van der Waals surface area contributed by atoms with Crippen molar-refractivity contribution in [1.29, 1.82) is 0 Å². The Morgan fingerprint density at radius 1 is 1.38 bits per heavy atom. The minimum atomic E-state index is -3.09. The zero-order valence-electron chi connectivity index (χ0n) is 15.0. The Hall–Kier alpha value is -2.35. The van der Waals surface area contributed by atoms with E-state index in [-0.39, 0.29) is 17.4 Å². The van der Waals surface area contributed by atoms with E-state index in [0.29, 0.717) is 30.1 Å². The fourth-order valence-corrected chi connectivity index (χ4v) is 5.14. The molecule has 0 saturated carbocycles. The summed E-state index contributed by atoms with van der Waals surface area (Å²) in [5.41, 5.74) is 1.34. The maximum Gasteiger partial charge on any atom is 0.251 e. The van der Waals surface area contributed by atoms with Gasteiger partial charge in [-0.15, -0.1) is 0 Å². The van der Waals surface area contributed by atoms with E-state index in [1.54, 1.807) is 31.2 Å². The third kappa shape index (κ3) is 4.07. The van der Waals surface area contributed by atoms with E-state index in [1.165, 1.54) is 0 Å². The number of carbonyl (C=O) groups excluding carboxylic acids is 1. The van der Waals surface area contributed by atoms with Crippen LogP contribution in [0.4, 0.5) is 0 Å². The SMILES string of the molecule is Cc1noc(C)c1COc1cccc(C(=O)NC2(C)CCS(=O)(=O)C2)c1. The number of ether oxygens (including phenoxy) is 1. The number of rotatable bonds is 5. The molecule has 2 aromatic rings. The standard InChI is InChI=1S/C18H22N2O5S/c1-12-16(13(2)25-20-12)10-24-15-6-4-5-14(9-15)17(21)19-18(3)7-8-26(22,23)11-18/h4-6,9H,7-8,10-11H2,1-3H3,(H,19,21). The summed E-state index contributed by atoms with van der Waals surface area (Å²) in [5.74, 6) is 0.999. The van der Waals surface area contributed by atoms with Gasteiger partial charge in [0, 0.05) is 5.56 Å². The highest BCUT2D eigenvalue weighted by Gasteiger charge is 2.39. The van der Waals surface area contributed by atoms with Gasteiger partial charge in [-0.05, 0) is 45.4 Å². The molecule has 0 bridgehead atoms. The van der Waals surface area contributed by atoms with Crippen LogP contribution in [0.25, 0.3) is 0 Å². The molecule has 1 aromatic carbocycles. The maximum atomic E-state index is 12.5. The highest BCUT2D eigenvalue weighted by molar-refractivity contribution is 7.91. The van der Waals surface area contributed by atoms with Gasteiger partial charge in [-0.2, -0.15) is 0 Å². The average molecular weight is 378 g/mol. The molecular formula is C18H22N2O5S. The van der Waals surface area contributed by atoms with Crippen molar-refractivity contribution in [3.63, 3.8) is 0 Å². The molecular weight excluding hydrogens is 356 g/mol. The van der Waals surface area contributed by atoms with Crippen LogP contribution in [-0.2, 0) is 16.4 Å². The van der Waals surface area contributed by atoms with Gasteiger partial charge in [0.1, 0.15) is 18.1 Å². The van der Waals surface area contributed by atoms with Gasteiger partial charge in [0.15, 0.2) is 9.84 Å². The molecule has 1 atom stereocenters. The van der Waals surface area contributed by atoms with Gasteiger partial charge in [0.25, 0.3) is 5.91 Å². The molecule has 7 nitrogen and oxygen atoms in total. The quantitative estimate of drug-likeness (QED) is 0.856. The number of aryl methyl sites for hydroxylation is 2. The lowest BCUT2D eigenvalue weighted by Crippen LogP contribution is -2.46. The molecule has 140 valence electrons. The average Bonchev–Trinajstić information content (AvgIpc) is 3.04. The molecule has 1 N–H and O–H groups in total. The number of sulfone groups is 1. The number of hydrogen-bond donors (Lipinski definition) is 1. The second-order valence-corrected chi connectivity index (χ2v) is 9.16. The van der Waals surface area contributed by atoms with E-state index in [4.69, 9.17) is 9.26 Å². The van der Waals surface area contributed by atoms with E-state index in [9.17, 15) is 13.2 Å². The van der Waals surface area contributed by atoms with Crippen LogP contribution in [0, 0.1) is 13.8 Å². The molecule has 26 heavy (non-hydrogen) atoms. The van der Waals surface area contributed by atoms with Crippen molar-refractivity contribution in [1.82, 2.24) is 10.5 Å². The van der Waals surface area contributed by atoms with Crippen molar-refractivity contribution < 1.29 is 22.5 Å². The fraction of sp³-hybridized carbons (Fsp3) is 0.444. The molecule has 1 fully saturated rings. The predicted molar refractivity (Wildman–Crippen MR) is 95.9 cm³/mol. The molecule has 8 heteroatoms. The maximum absolute atomic E-state index is 12.5. The smallest absolute Gasteiger partial charge is 0.251 e. The number of carbonyl (C=O) groups is 1. The first-order valence-corrected chi connectivity index (χ1v) is 10.2. The lowest BCUT2D eigenvalue weighted by atomic mass is 10.0. The molecule has 1 aliphatic rings. The number of amides is 1. The highest BCUT2D eigenvalue weighted by atomic mass is 32.2. The van der Waals surface area contributed by atoms with Gasteiger partial charge in [-0.3, -0.25) is 4.79 Å². The monoisotopic (exact) mass is 378 g/mol. The Bertz CT molecular complexity index is 915. The first kappa shape index (κ1) is 18.4. The topological polar surface area (TPSA) is 98.5 Å². The Morgan fingerprint density at radius 3 is 2.77 bits per heavy atom. The summed E-state index contributed by atoms with van der Waals surface area (Å²) in [5, 5.41) is 6.73.